The van der Waals surface area contributed by atoms with Crippen LogP contribution in [0.4, 0.5) is 0 Å². The first-order valence-corrected chi connectivity index (χ1v) is 8.73. The number of H-pyrrole nitrogens is 1. The number of aryl methyl sites for hydroxylation is 1. The Kier molecular flexibility index (Phi) is 4.78. The molecule has 3 aromatic rings. The molecule has 0 amide bonds. The van der Waals surface area contributed by atoms with E-state index in [1.54, 1.807) is 0 Å². The Morgan fingerprint density at radius 2 is 1.72 bits per heavy atom. The highest BCUT2D eigenvalue weighted by atomic mass is 15.0. The molecule has 3 heteroatoms. The predicted molar refractivity (Wildman–Crippen MR) is 106 cm³/mol. The van der Waals surface area contributed by atoms with Crippen LogP contribution in [0, 0.1) is 27.7 Å². The zero-order valence-electron chi connectivity index (χ0n) is 16.1. The Morgan fingerprint density at radius 3 is 2.44 bits per heavy atom. The van der Waals surface area contributed by atoms with Gasteiger partial charge in [-0.25, -0.2) is 4.98 Å². The molecule has 2 aromatic carbocycles. The molecule has 0 saturated carbocycles. The molecule has 0 bridgehead atoms. The Labute approximate surface area is 150 Å². The van der Waals surface area contributed by atoms with Gasteiger partial charge in [-0.15, -0.1) is 0 Å². The first-order chi connectivity index (χ1) is 11.9. The van der Waals surface area contributed by atoms with Crippen LogP contribution in [0.25, 0.3) is 22.6 Å². The Hall–Kier alpha value is -2.39. The third-order valence-corrected chi connectivity index (χ3v) is 5.05. The number of rotatable bonds is 4. The van der Waals surface area contributed by atoms with E-state index in [4.69, 9.17) is 0 Å². The summed E-state index contributed by atoms with van der Waals surface area (Å²) in [5, 5.41) is 0. The lowest BCUT2D eigenvalue weighted by atomic mass is 9.94. The summed E-state index contributed by atoms with van der Waals surface area (Å²) in [6.07, 6.45) is 1.94. The van der Waals surface area contributed by atoms with Gasteiger partial charge in [-0.3, -0.25) is 0 Å². The van der Waals surface area contributed by atoms with Gasteiger partial charge in [0.1, 0.15) is 5.82 Å². The number of imidazole rings is 1. The molecule has 130 valence electrons. The van der Waals surface area contributed by atoms with Crippen molar-refractivity contribution in [2.45, 2.75) is 34.2 Å². The van der Waals surface area contributed by atoms with E-state index >= 15 is 0 Å². The van der Waals surface area contributed by atoms with Crippen molar-refractivity contribution >= 4 is 0 Å². The molecule has 1 N–H and O–H groups in total. The van der Waals surface area contributed by atoms with Gasteiger partial charge < -0.3 is 9.88 Å². The van der Waals surface area contributed by atoms with Crippen molar-refractivity contribution in [1.29, 1.82) is 0 Å². The van der Waals surface area contributed by atoms with Crippen LogP contribution in [0.2, 0.25) is 0 Å². The number of nitrogens with one attached hydrogen (secondary N) is 1. The fourth-order valence-corrected chi connectivity index (χ4v) is 3.27. The van der Waals surface area contributed by atoms with Gasteiger partial charge in [0.15, 0.2) is 0 Å². The Bertz CT molecular complexity index is 904. The zero-order valence-corrected chi connectivity index (χ0v) is 16.1. The topological polar surface area (TPSA) is 31.9 Å². The molecule has 3 rings (SSSR count). The molecule has 0 aliphatic rings. The Morgan fingerprint density at radius 1 is 0.960 bits per heavy atom. The van der Waals surface area contributed by atoms with Crippen LogP contribution in [-0.4, -0.2) is 29.0 Å². The highest BCUT2D eigenvalue weighted by Crippen LogP contribution is 2.29. The van der Waals surface area contributed by atoms with Crippen LogP contribution in [0.3, 0.4) is 0 Å². The fourth-order valence-electron chi connectivity index (χ4n) is 3.27. The van der Waals surface area contributed by atoms with Crippen LogP contribution in [-0.2, 0) is 6.54 Å². The summed E-state index contributed by atoms with van der Waals surface area (Å²) in [6.45, 7) is 9.65. The minimum atomic E-state index is 0.935. The van der Waals surface area contributed by atoms with Crippen molar-refractivity contribution in [3.05, 3.63) is 64.3 Å². The van der Waals surface area contributed by atoms with Gasteiger partial charge in [0.25, 0.3) is 0 Å². The lowest BCUT2D eigenvalue weighted by molar-refractivity contribution is 0.402. The zero-order chi connectivity index (χ0) is 18.1. The summed E-state index contributed by atoms with van der Waals surface area (Å²) in [7, 11) is 4.18. The maximum absolute atomic E-state index is 4.66. The molecular weight excluding hydrogens is 306 g/mol. The standard InChI is InChI=1S/C22H27N3/c1-14-10-20(17(4)16(3)15(14)2)22-23-12-21(24-22)19-9-7-8-18(11-19)13-25(5)6/h7-12H,13H2,1-6H3,(H,23,24). The SMILES string of the molecule is Cc1cc(-c2ncc(-c3cccc(CN(C)C)c3)[nH]2)c(C)c(C)c1C. The number of aromatic amines is 1. The maximum Gasteiger partial charge on any atom is 0.138 e. The average Bonchev–Trinajstić information content (AvgIpc) is 3.06. The minimum absolute atomic E-state index is 0.935. The van der Waals surface area contributed by atoms with Crippen LogP contribution >= 0.6 is 0 Å². The highest BCUT2D eigenvalue weighted by Gasteiger charge is 2.12. The van der Waals surface area contributed by atoms with Crippen molar-refractivity contribution in [1.82, 2.24) is 14.9 Å². The minimum Gasteiger partial charge on any atom is -0.338 e. The summed E-state index contributed by atoms with van der Waals surface area (Å²) in [6, 6.07) is 10.9. The maximum atomic E-state index is 4.66. The molecule has 0 unspecified atom stereocenters. The fraction of sp³-hybridized carbons (Fsp3) is 0.318. The summed E-state index contributed by atoms with van der Waals surface area (Å²) < 4.78 is 0. The predicted octanol–water partition coefficient (Wildman–Crippen LogP) is 5.04. The monoisotopic (exact) mass is 333 g/mol. The van der Waals surface area contributed by atoms with Gasteiger partial charge in [0.2, 0.25) is 0 Å². The quantitative estimate of drug-likeness (QED) is 0.725. The second kappa shape index (κ2) is 6.85. The molecule has 0 fully saturated rings. The third kappa shape index (κ3) is 3.52. The number of hydrogen-bond donors (Lipinski definition) is 1. The number of aromatic nitrogens is 2. The summed E-state index contributed by atoms with van der Waals surface area (Å²) >= 11 is 0. The Balaban J connectivity index is 1.99. The lowest BCUT2D eigenvalue weighted by Crippen LogP contribution is -2.10. The normalized spacial score (nSPS) is 11.3. The van der Waals surface area contributed by atoms with E-state index in [9.17, 15) is 0 Å². The third-order valence-electron chi connectivity index (χ3n) is 5.05. The van der Waals surface area contributed by atoms with Gasteiger partial charge in [0.05, 0.1) is 11.9 Å². The van der Waals surface area contributed by atoms with Crippen LogP contribution in [0.15, 0.2) is 36.5 Å². The molecule has 0 spiro atoms. The van der Waals surface area contributed by atoms with Gasteiger partial charge in [0, 0.05) is 12.1 Å². The highest BCUT2D eigenvalue weighted by molar-refractivity contribution is 5.69. The van der Waals surface area contributed by atoms with E-state index in [1.165, 1.54) is 38.9 Å². The van der Waals surface area contributed by atoms with E-state index in [0.29, 0.717) is 0 Å². The lowest BCUT2D eigenvalue weighted by Gasteiger charge is -2.13. The molecule has 25 heavy (non-hydrogen) atoms. The molecule has 0 aliphatic carbocycles. The molecule has 0 radical (unpaired) electrons. The van der Waals surface area contributed by atoms with Crippen molar-refractivity contribution in [2.75, 3.05) is 14.1 Å². The van der Waals surface area contributed by atoms with Gasteiger partial charge >= 0.3 is 0 Å². The molecule has 0 saturated heterocycles. The second-order valence-corrected chi connectivity index (χ2v) is 7.20. The van der Waals surface area contributed by atoms with Gasteiger partial charge in [-0.05, 0) is 87.3 Å². The number of hydrogen-bond acceptors (Lipinski definition) is 2. The second-order valence-electron chi connectivity index (χ2n) is 7.20. The molecule has 1 heterocycles. The van der Waals surface area contributed by atoms with Crippen LogP contribution in [0.5, 0.6) is 0 Å². The van der Waals surface area contributed by atoms with E-state index in [1.807, 2.05) is 6.20 Å². The van der Waals surface area contributed by atoms with Crippen molar-refractivity contribution in [3.8, 4) is 22.6 Å². The van der Waals surface area contributed by atoms with Gasteiger partial charge in [-0.2, -0.15) is 0 Å². The molecule has 3 nitrogen and oxygen atoms in total. The summed E-state index contributed by atoms with van der Waals surface area (Å²) in [4.78, 5) is 10.4. The molecule has 0 atom stereocenters. The van der Waals surface area contributed by atoms with Crippen molar-refractivity contribution in [2.24, 2.45) is 0 Å². The van der Waals surface area contributed by atoms with Crippen molar-refractivity contribution in [3.63, 3.8) is 0 Å². The van der Waals surface area contributed by atoms with Crippen molar-refractivity contribution < 1.29 is 0 Å². The summed E-state index contributed by atoms with van der Waals surface area (Å²) in [5.74, 6) is 0.941. The molecule has 0 aliphatic heterocycles. The van der Waals surface area contributed by atoms with Crippen LogP contribution in [0.1, 0.15) is 27.8 Å². The van der Waals surface area contributed by atoms with Crippen LogP contribution < -0.4 is 0 Å². The molecular formula is C22H27N3. The van der Waals surface area contributed by atoms with Gasteiger partial charge in [-0.1, -0.05) is 18.2 Å². The average molecular weight is 333 g/mol. The number of nitrogens with zero attached hydrogens (tertiary/aromatic N) is 2. The summed E-state index contributed by atoms with van der Waals surface area (Å²) in [5.41, 5.74) is 10.1. The van der Waals surface area contributed by atoms with E-state index in [2.05, 4.69) is 87.0 Å². The smallest absolute Gasteiger partial charge is 0.138 e. The molecule has 1 aromatic heterocycles. The number of benzene rings is 2. The van der Waals surface area contributed by atoms with E-state index in [-0.39, 0.29) is 0 Å². The largest absolute Gasteiger partial charge is 0.338 e. The van der Waals surface area contributed by atoms with E-state index < -0.39 is 0 Å². The van der Waals surface area contributed by atoms with E-state index in [0.717, 1.165) is 18.1 Å². The first kappa shape index (κ1) is 17.4. The first-order valence-electron chi connectivity index (χ1n) is 8.73.